The van der Waals surface area contributed by atoms with Crippen molar-refractivity contribution in [3.8, 4) is 0 Å². The van der Waals surface area contributed by atoms with Gasteiger partial charge in [-0.15, -0.1) is 0 Å². The summed E-state index contributed by atoms with van der Waals surface area (Å²) in [7, 11) is 1.77. The van der Waals surface area contributed by atoms with E-state index in [1.807, 2.05) is 0 Å². The molecule has 1 aromatic carbocycles. The van der Waals surface area contributed by atoms with Gasteiger partial charge in [0, 0.05) is 30.7 Å². The highest BCUT2D eigenvalue weighted by Crippen LogP contribution is 2.36. The predicted molar refractivity (Wildman–Crippen MR) is 92.9 cm³/mol. The minimum atomic E-state index is 0.687. The van der Waals surface area contributed by atoms with Crippen LogP contribution in [-0.4, -0.2) is 32.8 Å². The number of hydrogen-bond acceptors (Lipinski definition) is 3. The summed E-state index contributed by atoms with van der Waals surface area (Å²) in [6.45, 7) is 8.19. The lowest BCUT2D eigenvalue weighted by atomic mass is 10.1. The molecule has 0 atom stereocenters. The van der Waals surface area contributed by atoms with Gasteiger partial charge in [0.1, 0.15) is 0 Å². The number of benzene rings is 1. The van der Waals surface area contributed by atoms with Crippen LogP contribution in [0.25, 0.3) is 0 Å². The molecule has 0 unspecified atom stereocenters. The normalized spacial score (nSPS) is 14.7. The fourth-order valence-corrected chi connectivity index (χ4v) is 3.13. The predicted octanol–water partition coefficient (Wildman–Crippen LogP) is 3.81. The Bertz CT molecular complexity index is 446. The molecule has 21 heavy (non-hydrogen) atoms. The summed E-state index contributed by atoms with van der Waals surface area (Å²) in [5.74, 6) is 0.687. The van der Waals surface area contributed by atoms with Crippen molar-refractivity contribution in [2.24, 2.45) is 5.92 Å². The maximum atomic E-state index is 5.24. The average molecular weight is 355 g/mol. The number of rotatable bonds is 9. The highest BCUT2D eigenvalue weighted by Gasteiger charge is 2.29. The Morgan fingerprint density at radius 3 is 2.71 bits per heavy atom. The second kappa shape index (κ2) is 8.16. The highest BCUT2D eigenvalue weighted by molar-refractivity contribution is 9.10. The smallest absolute Gasteiger partial charge is 0.0637 e. The number of hydrogen-bond donors (Lipinski definition) is 1. The molecular formula is C17H27BrN2O. The van der Waals surface area contributed by atoms with Crippen LogP contribution in [0.15, 0.2) is 22.7 Å². The van der Waals surface area contributed by atoms with E-state index in [1.54, 1.807) is 7.11 Å². The van der Waals surface area contributed by atoms with E-state index in [2.05, 4.69) is 58.2 Å². The topological polar surface area (TPSA) is 24.5 Å². The number of methoxy groups -OCH3 is 1. The summed E-state index contributed by atoms with van der Waals surface area (Å²) in [4.78, 5) is 2.47. The van der Waals surface area contributed by atoms with Gasteiger partial charge in [-0.05, 0) is 58.9 Å². The Morgan fingerprint density at radius 2 is 2.14 bits per heavy atom. The molecule has 1 saturated carbocycles. The lowest BCUT2D eigenvalue weighted by Gasteiger charge is -2.26. The van der Waals surface area contributed by atoms with Crippen molar-refractivity contribution in [3.05, 3.63) is 28.2 Å². The Balaban J connectivity index is 1.99. The lowest BCUT2D eigenvalue weighted by Crippen LogP contribution is -2.29. The van der Waals surface area contributed by atoms with Gasteiger partial charge in [0.2, 0.25) is 0 Å². The summed E-state index contributed by atoms with van der Waals surface area (Å²) in [5.41, 5.74) is 2.62. The van der Waals surface area contributed by atoms with Crippen molar-refractivity contribution in [3.63, 3.8) is 0 Å². The van der Waals surface area contributed by atoms with Crippen LogP contribution in [-0.2, 0) is 11.3 Å². The average Bonchev–Trinajstić information content (AvgIpc) is 3.25. The van der Waals surface area contributed by atoms with E-state index in [0.29, 0.717) is 12.0 Å². The van der Waals surface area contributed by atoms with Crippen molar-refractivity contribution >= 4 is 21.6 Å². The quantitative estimate of drug-likeness (QED) is 0.729. The van der Waals surface area contributed by atoms with Crippen LogP contribution in [0.4, 0.5) is 5.69 Å². The Kier molecular flexibility index (Phi) is 6.52. The van der Waals surface area contributed by atoms with Gasteiger partial charge in [-0.2, -0.15) is 0 Å². The molecule has 0 bridgehead atoms. The maximum absolute atomic E-state index is 5.24. The van der Waals surface area contributed by atoms with Gasteiger partial charge in [-0.3, -0.25) is 0 Å². The molecular weight excluding hydrogens is 328 g/mol. The van der Waals surface area contributed by atoms with Crippen LogP contribution in [0.1, 0.15) is 32.3 Å². The highest BCUT2D eigenvalue weighted by atomic mass is 79.9. The largest absolute Gasteiger partial charge is 0.383 e. The van der Waals surface area contributed by atoms with E-state index >= 15 is 0 Å². The molecule has 4 heteroatoms. The maximum Gasteiger partial charge on any atom is 0.0637 e. The molecule has 1 aliphatic rings. The minimum Gasteiger partial charge on any atom is -0.383 e. The van der Waals surface area contributed by atoms with Gasteiger partial charge in [-0.25, -0.2) is 0 Å². The second-order valence-corrected chi connectivity index (χ2v) is 7.08. The number of ether oxygens (including phenoxy) is 1. The zero-order valence-corrected chi connectivity index (χ0v) is 14.9. The lowest BCUT2D eigenvalue weighted by molar-refractivity contribution is 0.205. The molecule has 1 N–H and O–H groups in total. The van der Waals surface area contributed by atoms with E-state index in [4.69, 9.17) is 4.74 Å². The number of halogens is 1. The van der Waals surface area contributed by atoms with Gasteiger partial charge >= 0.3 is 0 Å². The number of anilines is 1. The molecule has 0 radical (unpaired) electrons. The fourth-order valence-electron chi connectivity index (χ4n) is 2.47. The van der Waals surface area contributed by atoms with Crippen LogP contribution in [0.2, 0.25) is 0 Å². The zero-order valence-electron chi connectivity index (χ0n) is 13.4. The molecule has 0 heterocycles. The minimum absolute atomic E-state index is 0.687. The first kappa shape index (κ1) is 16.8. The Hall–Kier alpha value is -0.580. The third-order valence-electron chi connectivity index (χ3n) is 3.73. The van der Waals surface area contributed by atoms with E-state index in [9.17, 15) is 0 Å². The van der Waals surface area contributed by atoms with E-state index in [1.165, 1.54) is 28.6 Å². The van der Waals surface area contributed by atoms with Gasteiger partial charge in [0.05, 0.1) is 12.3 Å². The first-order valence-electron chi connectivity index (χ1n) is 7.86. The van der Waals surface area contributed by atoms with Gasteiger partial charge < -0.3 is 15.0 Å². The van der Waals surface area contributed by atoms with Gasteiger partial charge in [0.25, 0.3) is 0 Å². The van der Waals surface area contributed by atoms with E-state index in [-0.39, 0.29) is 0 Å². The number of nitrogens with one attached hydrogen (secondary N) is 1. The van der Waals surface area contributed by atoms with Crippen molar-refractivity contribution < 1.29 is 4.74 Å². The molecule has 3 nitrogen and oxygen atoms in total. The summed E-state index contributed by atoms with van der Waals surface area (Å²) in [6, 6.07) is 7.41. The SMILES string of the molecule is COCCN(c1ccc(CNCC(C)C)cc1Br)C1CC1. The Labute approximate surface area is 137 Å². The molecule has 0 aromatic heterocycles. The molecule has 2 rings (SSSR count). The van der Waals surface area contributed by atoms with Crippen molar-refractivity contribution in [1.29, 1.82) is 0 Å². The molecule has 0 saturated heterocycles. The third kappa shape index (κ3) is 5.28. The van der Waals surface area contributed by atoms with E-state index in [0.717, 1.165) is 26.2 Å². The molecule has 0 spiro atoms. The van der Waals surface area contributed by atoms with Crippen LogP contribution in [0, 0.1) is 5.92 Å². The molecule has 0 aliphatic heterocycles. The molecule has 1 fully saturated rings. The van der Waals surface area contributed by atoms with Crippen LogP contribution >= 0.6 is 15.9 Å². The van der Waals surface area contributed by atoms with Crippen LogP contribution in [0.5, 0.6) is 0 Å². The summed E-state index contributed by atoms with van der Waals surface area (Å²) in [5, 5.41) is 3.49. The van der Waals surface area contributed by atoms with Crippen LogP contribution in [0.3, 0.4) is 0 Å². The van der Waals surface area contributed by atoms with Crippen molar-refractivity contribution in [2.45, 2.75) is 39.3 Å². The Morgan fingerprint density at radius 1 is 1.38 bits per heavy atom. The zero-order chi connectivity index (χ0) is 15.2. The van der Waals surface area contributed by atoms with Crippen LogP contribution < -0.4 is 10.2 Å². The molecule has 0 amide bonds. The van der Waals surface area contributed by atoms with E-state index < -0.39 is 0 Å². The molecule has 118 valence electrons. The summed E-state index contributed by atoms with van der Waals surface area (Å²) < 4.78 is 6.43. The standard InChI is InChI=1S/C17H27BrN2O/c1-13(2)11-19-12-14-4-7-17(16(18)10-14)20(8-9-21-3)15-5-6-15/h4,7,10,13,15,19H,5-6,8-9,11-12H2,1-3H3. The molecule has 1 aliphatic carbocycles. The second-order valence-electron chi connectivity index (χ2n) is 6.23. The van der Waals surface area contributed by atoms with Gasteiger partial charge in [0.15, 0.2) is 0 Å². The molecule has 1 aromatic rings. The van der Waals surface area contributed by atoms with Crippen molar-refractivity contribution in [2.75, 3.05) is 31.7 Å². The fraction of sp³-hybridized carbons (Fsp3) is 0.647. The van der Waals surface area contributed by atoms with Crippen molar-refractivity contribution in [1.82, 2.24) is 5.32 Å². The number of nitrogens with zero attached hydrogens (tertiary/aromatic N) is 1. The van der Waals surface area contributed by atoms with Gasteiger partial charge in [-0.1, -0.05) is 19.9 Å². The summed E-state index contributed by atoms with van der Waals surface area (Å²) >= 11 is 3.75. The first-order valence-corrected chi connectivity index (χ1v) is 8.66. The monoisotopic (exact) mass is 354 g/mol. The third-order valence-corrected chi connectivity index (χ3v) is 4.36. The summed E-state index contributed by atoms with van der Waals surface area (Å²) in [6.07, 6.45) is 2.60. The first-order chi connectivity index (χ1) is 10.1.